The molecule has 0 saturated heterocycles. The highest BCUT2D eigenvalue weighted by molar-refractivity contribution is 6.31. The molecule has 0 bridgehead atoms. The summed E-state index contributed by atoms with van der Waals surface area (Å²) in [7, 11) is 0. The molecule has 2 atom stereocenters. The van der Waals surface area contributed by atoms with Gasteiger partial charge in [-0.15, -0.1) is 0 Å². The number of aliphatic imine (C=N–C) groups is 1. The third kappa shape index (κ3) is 2.48. The summed E-state index contributed by atoms with van der Waals surface area (Å²) in [5.41, 5.74) is 9.18. The maximum Gasteiger partial charge on any atom is 0.139 e. The number of halogens is 1. The van der Waals surface area contributed by atoms with Crippen molar-refractivity contribution in [1.29, 1.82) is 0 Å². The quantitative estimate of drug-likeness (QED) is 0.481. The molecule has 2 aromatic carbocycles. The van der Waals surface area contributed by atoms with Gasteiger partial charge in [-0.3, -0.25) is 4.99 Å². The van der Waals surface area contributed by atoms with E-state index in [2.05, 4.69) is 44.3 Å². The van der Waals surface area contributed by atoms with E-state index in [0.29, 0.717) is 0 Å². The van der Waals surface area contributed by atoms with Crippen molar-refractivity contribution >= 4 is 17.4 Å². The molecule has 30 heavy (non-hydrogen) atoms. The van der Waals surface area contributed by atoms with Gasteiger partial charge in [0.15, 0.2) is 0 Å². The van der Waals surface area contributed by atoms with E-state index in [1.165, 1.54) is 46.2 Å². The fourth-order valence-electron chi connectivity index (χ4n) is 5.73. The highest BCUT2D eigenvalue weighted by Gasteiger charge is 2.44. The third-order valence-corrected chi connectivity index (χ3v) is 7.40. The zero-order valence-electron chi connectivity index (χ0n) is 17.6. The fraction of sp³-hybridized carbons (Fsp3) is 0.346. The van der Waals surface area contributed by atoms with Crippen molar-refractivity contribution in [3.63, 3.8) is 0 Å². The number of rotatable bonds is 1. The molecule has 3 nitrogen and oxygen atoms in total. The minimum Gasteiger partial charge on any atom is -0.464 e. The summed E-state index contributed by atoms with van der Waals surface area (Å²) in [6, 6.07) is 12.7. The van der Waals surface area contributed by atoms with Crippen LogP contribution in [0.4, 0.5) is 0 Å². The second-order valence-electron chi connectivity index (χ2n) is 9.51. The molecule has 0 amide bonds. The highest BCUT2D eigenvalue weighted by Crippen LogP contribution is 2.54. The maximum absolute atomic E-state index is 6.27. The lowest BCUT2D eigenvalue weighted by molar-refractivity contribution is 0.426. The summed E-state index contributed by atoms with van der Waals surface area (Å²) in [4.78, 5) is 5.24. The van der Waals surface area contributed by atoms with E-state index in [-0.39, 0.29) is 17.5 Å². The Labute approximate surface area is 182 Å². The number of fused-ring (bicyclic) bond motifs is 8. The van der Waals surface area contributed by atoms with Gasteiger partial charge in [0, 0.05) is 21.7 Å². The largest absolute Gasteiger partial charge is 0.464 e. The molecule has 0 radical (unpaired) electrons. The van der Waals surface area contributed by atoms with E-state index in [1.54, 1.807) is 0 Å². The summed E-state index contributed by atoms with van der Waals surface area (Å²) < 4.78 is 6.11. The van der Waals surface area contributed by atoms with Crippen LogP contribution in [0.5, 0.6) is 0 Å². The first-order valence-electron chi connectivity index (χ1n) is 10.8. The highest BCUT2D eigenvalue weighted by atomic mass is 35.5. The first-order valence-corrected chi connectivity index (χ1v) is 11.2. The molecule has 1 N–H and O–H groups in total. The van der Waals surface area contributed by atoms with Crippen LogP contribution < -0.4 is 5.32 Å². The first kappa shape index (κ1) is 18.3. The predicted octanol–water partition coefficient (Wildman–Crippen LogP) is 6.67. The molecule has 3 aromatic rings. The van der Waals surface area contributed by atoms with Gasteiger partial charge in [0.25, 0.3) is 0 Å². The molecule has 0 saturated carbocycles. The van der Waals surface area contributed by atoms with Gasteiger partial charge < -0.3 is 9.73 Å². The lowest BCUT2D eigenvalue weighted by Crippen LogP contribution is -2.30. The van der Waals surface area contributed by atoms with Crippen LogP contribution >= 0.6 is 11.6 Å². The topological polar surface area (TPSA) is 37.5 Å². The van der Waals surface area contributed by atoms with Crippen molar-refractivity contribution in [2.24, 2.45) is 4.99 Å². The van der Waals surface area contributed by atoms with Crippen molar-refractivity contribution in [3.05, 3.63) is 81.1 Å². The number of nitrogens with one attached hydrogen (secondary N) is 1. The molecule has 152 valence electrons. The first-order chi connectivity index (χ1) is 14.4. The molecular weight excluding hydrogens is 392 g/mol. The molecule has 2 heterocycles. The lowest BCUT2D eigenvalue weighted by Gasteiger charge is -2.37. The zero-order chi connectivity index (χ0) is 20.6. The van der Waals surface area contributed by atoms with Gasteiger partial charge in [-0.25, -0.2) is 0 Å². The molecule has 6 rings (SSSR count). The SMILES string of the molecule is Cc1coc2c1C1NC(c3cccc(Cl)c3)=NC1c1c-2ccc2c1CCCC2(C)C. The van der Waals surface area contributed by atoms with E-state index in [1.807, 2.05) is 24.5 Å². The number of benzene rings is 2. The normalized spacial score (nSPS) is 23.0. The van der Waals surface area contributed by atoms with Gasteiger partial charge in [0.05, 0.1) is 12.3 Å². The second-order valence-corrected chi connectivity index (χ2v) is 9.94. The lowest BCUT2D eigenvalue weighted by atomic mass is 9.68. The minimum atomic E-state index is 0.0571. The Bertz CT molecular complexity index is 1220. The fourth-order valence-corrected chi connectivity index (χ4v) is 5.92. The molecule has 2 unspecified atom stereocenters. The van der Waals surface area contributed by atoms with Crippen LogP contribution in [0, 0.1) is 6.92 Å². The molecule has 3 aliphatic rings. The molecule has 2 aliphatic carbocycles. The second kappa shape index (κ2) is 6.24. The maximum atomic E-state index is 6.27. The van der Waals surface area contributed by atoms with E-state index >= 15 is 0 Å². The van der Waals surface area contributed by atoms with Crippen LogP contribution in [0.3, 0.4) is 0 Å². The van der Waals surface area contributed by atoms with Crippen LogP contribution in [0.2, 0.25) is 5.02 Å². The standard InChI is InChI=1S/C26H25ClN2O/c1-14-13-30-24-18-9-10-19-17(8-5-11-26(19,2)3)21(18)23-22(20(14)24)28-25(29-23)15-6-4-7-16(27)12-15/h4,6-7,9-10,12-13,22-23H,5,8,11H2,1-3H3,(H,28,29). The molecule has 0 spiro atoms. The van der Waals surface area contributed by atoms with Gasteiger partial charge in [0.2, 0.25) is 0 Å². The number of amidine groups is 1. The number of furan rings is 1. The number of aryl methyl sites for hydroxylation is 1. The van der Waals surface area contributed by atoms with Crippen LogP contribution in [0.15, 0.2) is 52.1 Å². The third-order valence-electron chi connectivity index (χ3n) is 7.16. The van der Waals surface area contributed by atoms with Crippen LogP contribution in [0.1, 0.15) is 72.2 Å². The Morgan fingerprint density at radius 2 is 2.03 bits per heavy atom. The van der Waals surface area contributed by atoms with Crippen LogP contribution in [0.25, 0.3) is 11.3 Å². The van der Waals surface area contributed by atoms with Gasteiger partial charge in [0.1, 0.15) is 17.6 Å². The Morgan fingerprint density at radius 3 is 2.87 bits per heavy atom. The zero-order valence-corrected chi connectivity index (χ0v) is 18.3. The summed E-state index contributed by atoms with van der Waals surface area (Å²) >= 11 is 6.27. The van der Waals surface area contributed by atoms with Gasteiger partial charge in [-0.2, -0.15) is 0 Å². The van der Waals surface area contributed by atoms with Gasteiger partial charge in [-0.1, -0.05) is 49.7 Å². The van der Waals surface area contributed by atoms with Crippen molar-refractivity contribution in [1.82, 2.24) is 5.32 Å². The Kier molecular flexibility index (Phi) is 3.80. The molecule has 0 fully saturated rings. The predicted molar refractivity (Wildman–Crippen MR) is 121 cm³/mol. The smallest absolute Gasteiger partial charge is 0.139 e. The van der Waals surface area contributed by atoms with E-state index in [9.17, 15) is 0 Å². The number of hydrogen-bond acceptors (Lipinski definition) is 3. The monoisotopic (exact) mass is 416 g/mol. The van der Waals surface area contributed by atoms with E-state index in [4.69, 9.17) is 21.0 Å². The minimum absolute atomic E-state index is 0.0571. The molecule has 1 aromatic heterocycles. The average Bonchev–Trinajstić information content (AvgIpc) is 3.31. The average molecular weight is 417 g/mol. The number of nitrogens with zero attached hydrogens (tertiary/aromatic N) is 1. The summed E-state index contributed by atoms with van der Waals surface area (Å²) in [5, 5.41) is 4.45. The molecular formula is C26H25ClN2O. The number of hydrogen-bond donors (Lipinski definition) is 1. The Balaban J connectivity index is 1.60. The van der Waals surface area contributed by atoms with Crippen molar-refractivity contribution in [2.75, 3.05) is 0 Å². The van der Waals surface area contributed by atoms with E-state index < -0.39 is 0 Å². The summed E-state index contributed by atoms with van der Waals surface area (Å²) in [6.45, 7) is 6.87. The summed E-state index contributed by atoms with van der Waals surface area (Å²) in [5.74, 6) is 1.92. The van der Waals surface area contributed by atoms with Crippen LogP contribution in [-0.4, -0.2) is 5.84 Å². The summed E-state index contributed by atoms with van der Waals surface area (Å²) in [6.07, 6.45) is 5.45. The van der Waals surface area contributed by atoms with E-state index in [0.717, 1.165) is 28.6 Å². The molecule has 4 heteroatoms. The Hall–Kier alpha value is -2.52. The van der Waals surface area contributed by atoms with Crippen molar-refractivity contribution in [2.45, 2.75) is 57.5 Å². The van der Waals surface area contributed by atoms with Crippen molar-refractivity contribution in [3.8, 4) is 11.3 Å². The Morgan fingerprint density at radius 1 is 1.17 bits per heavy atom. The van der Waals surface area contributed by atoms with Crippen LogP contribution in [-0.2, 0) is 11.8 Å². The van der Waals surface area contributed by atoms with Crippen molar-refractivity contribution < 1.29 is 4.42 Å². The van der Waals surface area contributed by atoms with Gasteiger partial charge >= 0.3 is 0 Å². The molecule has 1 aliphatic heterocycles. The van der Waals surface area contributed by atoms with Gasteiger partial charge in [-0.05, 0) is 66.0 Å².